The van der Waals surface area contributed by atoms with Crippen LogP contribution in [0, 0.1) is 27.7 Å². The average Bonchev–Trinajstić information content (AvgIpc) is 3.27. The van der Waals surface area contributed by atoms with Crippen LogP contribution in [-0.2, 0) is 19.7 Å². The maximum Gasteiger partial charge on any atom is 0.263 e. The van der Waals surface area contributed by atoms with Gasteiger partial charge in [-0.2, -0.15) is 5.10 Å². The zero-order chi connectivity index (χ0) is 21.1. The number of carbonyl (C=O) groups is 1. The molecule has 3 rings (SSSR count). The maximum absolute atomic E-state index is 12.9. The third-order valence-corrected chi connectivity index (χ3v) is 6.14. The molecule has 0 aliphatic rings. The van der Waals surface area contributed by atoms with Gasteiger partial charge in [0.2, 0.25) is 0 Å². The predicted molar refractivity (Wildman–Crippen MR) is 118 cm³/mol. The van der Waals surface area contributed by atoms with Crippen molar-refractivity contribution >= 4 is 17.2 Å². The Kier molecular flexibility index (Phi) is 6.42. The molecule has 0 atom stereocenters. The molecule has 1 amide bonds. The third-order valence-electron chi connectivity index (χ3n) is 5.18. The SMILES string of the molecule is CCn1nc(C)c(CN(C)C(=O)c2cc(COc3cc(C)ccc3C)cs2)c1C. The standard InChI is InChI=1S/C23H29N3O2S/c1-7-26-18(5)20(17(4)24-26)12-25(6)23(27)22-11-19(14-29-22)13-28-21-10-15(2)8-9-16(21)3/h8-11,14H,7,12-13H2,1-6H3. The molecule has 0 unspecified atom stereocenters. The van der Waals surface area contributed by atoms with Gasteiger partial charge in [-0.15, -0.1) is 11.3 Å². The molecular weight excluding hydrogens is 382 g/mol. The summed E-state index contributed by atoms with van der Waals surface area (Å²) in [6, 6.07) is 8.12. The Labute approximate surface area is 176 Å². The second-order valence-corrected chi connectivity index (χ2v) is 8.41. The van der Waals surface area contributed by atoms with Crippen LogP contribution in [0.5, 0.6) is 5.75 Å². The highest BCUT2D eigenvalue weighted by Gasteiger charge is 2.19. The molecule has 5 nitrogen and oxygen atoms in total. The van der Waals surface area contributed by atoms with Crippen molar-refractivity contribution in [2.75, 3.05) is 7.05 Å². The van der Waals surface area contributed by atoms with Gasteiger partial charge in [-0.25, -0.2) is 0 Å². The van der Waals surface area contributed by atoms with Gasteiger partial charge in [-0.1, -0.05) is 12.1 Å². The first-order valence-corrected chi connectivity index (χ1v) is 10.7. The monoisotopic (exact) mass is 411 g/mol. The van der Waals surface area contributed by atoms with E-state index in [-0.39, 0.29) is 5.91 Å². The normalized spacial score (nSPS) is 11.0. The van der Waals surface area contributed by atoms with E-state index >= 15 is 0 Å². The summed E-state index contributed by atoms with van der Waals surface area (Å²) >= 11 is 1.47. The van der Waals surface area contributed by atoms with E-state index < -0.39 is 0 Å². The number of amides is 1. The molecule has 2 aromatic heterocycles. The molecule has 3 aromatic rings. The van der Waals surface area contributed by atoms with Crippen LogP contribution in [0.4, 0.5) is 0 Å². The van der Waals surface area contributed by atoms with Crippen LogP contribution in [0.25, 0.3) is 0 Å². The number of aromatic nitrogens is 2. The van der Waals surface area contributed by atoms with E-state index in [9.17, 15) is 4.79 Å². The highest BCUT2D eigenvalue weighted by atomic mass is 32.1. The summed E-state index contributed by atoms with van der Waals surface area (Å²) in [6.45, 7) is 12.1. The molecule has 0 spiro atoms. The van der Waals surface area contributed by atoms with Gasteiger partial charge in [0, 0.05) is 37.0 Å². The number of ether oxygens (including phenoxy) is 1. The van der Waals surface area contributed by atoms with Crippen molar-refractivity contribution in [2.24, 2.45) is 0 Å². The van der Waals surface area contributed by atoms with Crippen LogP contribution in [-0.4, -0.2) is 27.6 Å². The van der Waals surface area contributed by atoms with Crippen LogP contribution < -0.4 is 4.74 Å². The molecule has 29 heavy (non-hydrogen) atoms. The van der Waals surface area contributed by atoms with E-state index in [0.29, 0.717) is 13.2 Å². The number of carbonyl (C=O) groups excluding carboxylic acids is 1. The number of hydrogen-bond donors (Lipinski definition) is 0. The molecule has 0 aliphatic heterocycles. The minimum absolute atomic E-state index is 0.0241. The molecule has 0 radical (unpaired) electrons. The number of thiophene rings is 1. The fourth-order valence-corrected chi connectivity index (χ4v) is 4.25. The first kappa shape index (κ1) is 21.1. The van der Waals surface area contributed by atoms with Gasteiger partial charge < -0.3 is 9.64 Å². The highest BCUT2D eigenvalue weighted by molar-refractivity contribution is 7.12. The first-order chi connectivity index (χ1) is 13.8. The van der Waals surface area contributed by atoms with Crippen LogP contribution in [0.1, 0.15) is 50.2 Å². The molecule has 2 heterocycles. The third kappa shape index (κ3) is 4.70. The number of aryl methyl sites for hydroxylation is 4. The second kappa shape index (κ2) is 8.82. The number of rotatable bonds is 7. The highest BCUT2D eigenvalue weighted by Crippen LogP contribution is 2.23. The van der Waals surface area contributed by atoms with Crippen LogP contribution >= 0.6 is 11.3 Å². The van der Waals surface area contributed by atoms with Crippen molar-refractivity contribution in [2.45, 2.75) is 54.3 Å². The van der Waals surface area contributed by atoms with E-state index in [1.54, 1.807) is 4.90 Å². The summed E-state index contributed by atoms with van der Waals surface area (Å²) in [5.41, 5.74) is 6.53. The first-order valence-electron chi connectivity index (χ1n) is 9.86. The van der Waals surface area contributed by atoms with Crippen molar-refractivity contribution in [3.8, 4) is 5.75 Å². The smallest absolute Gasteiger partial charge is 0.263 e. The topological polar surface area (TPSA) is 47.4 Å². The van der Waals surface area contributed by atoms with Gasteiger partial charge in [0.15, 0.2) is 0 Å². The van der Waals surface area contributed by atoms with E-state index in [1.165, 1.54) is 16.9 Å². The van der Waals surface area contributed by atoms with Gasteiger partial charge >= 0.3 is 0 Å². The lowest BCUT2D eigenvalue weighted by molar-refractivity contribution is 0.0789. The molecule has 0 bridgehead atoms. The van der Waals surface area contributed by atoms with E-state index in [0.717, 1.165) is 45.2 Å². The average molecular weight is 412 g/mol. The number of nitrogens with zero attached hydrogens (tertiary/aromatic N) is 3. The fraction of sp³-hybridized carbons (Fsp3) is 0.391. The minimum Gasteiger partial charge on any atom is -0.489 e. The fourth-order valence-electron chi connectivity index (χ4n) is 3.36. The molecule has 0 aliphatic carbocycles. The van der Waals surface area contributed by atoms with E-state index in [1.807, 2.05) is 43.1 Å². The molecule has 0 fully saturated rings. The predicted octanol–water partition coefficient (Wildman–Crippen LogP) is 5.05. The van der Waals surface area contributed by atoms with Crippen molar-refractivity contribution in [3.05, 3.63) is 68.2 Å². The van der Waals surface area contributed by atoms with Crippen molar-refractivity contribution in [3.63, 3.8) is 0 Å². The van der Waals surface area contributed by atoms with Gasteiger partial charge in [0.1, 0.15) is 12.4 Å². The molecule has 0 N–H and O–H groups in total. The minimum atomic E-state index is 0.0241. The van der Waals surface area contributed by atoms with Crippen molar-refractivity contribution in [1.82, 2.24) is 14.7 Å². The number of hydrogen-bond acceptors (Lipinski definition) is 4. The summed E-state index contributed by atoms with van der Waals surface area (Å²) in [5.74, 6) is 0.913. The molecule has 0 saturated carbocycles. The molecular formula is C23H29N3O2S. The Balaban J connectivity index is 1.65. The number of benzene rings is 1. The van der Waals surface area contributed by atoms with Crippen LogP contribution in [0.2, 0.25) is 0 Å². The molecule has 6 heteroatoms. The Morgan fingerprint density at radius 1 is 1.21 bits per heavy atom. The summed E-state index contributed by atoms with van der Waals surface area (Å²) in [7, 11) is 1.84. The lowest BCUT2D eigenvalue weighted by atomic mass is 10.1. The zero-order valence-electron chi connectivity index (χ0n) is 18.1. The zero-order valence-corrected chi connectivity index (χ0v) is 18.9. The van der Waals surface area contributed by atoms with Crippen molar-refractivity contribution in [1.29, 1.82) is 0 Å². The second-order valence-electron chi connectivity index (χ2n) is 7.50. The largest absolute Gasteiger partial charge is 0.489 e. The molecule has 0 saturated heterocycles. The quantitative estimate of drug-likeness (QED) is 0.547. The van der Waals surface area contributed by atoms with E-state index in [4.69, 9.17) is 4.74 Å². The van der Waals surface area contributed by atoms with Crippen LogP contribution in [0.15, 0.2) is 29.6 Å². The van der Waals surface area contributed by atoms with Crippen LogP contribution in [0.3, 0.4) is 0 Å². The Morgan fingerprint density at radius 2 is 1.97 bits per heavy atom. The maximum atomic E-state index is 12.9. The Bertz CT molecular complexity index is 1020. The van der Waals surface area contributed by atoms with Gasteiger partial charge in [0.25, 0.3) is 5.91 Å². The lowest BCUT2D eigenvalue weighted by Crippen LogP contribution is -2.26. The van der Waals surface area contributed by atoms with Crippen molar-refractivity contribution < 1.29 is 9.53 Å². The summed E-state index contributed by atoms with van der Waals surface area (Å²) < 4.78 is 7.95. The molecule has 1 aromatic carbocycles. The van der Waals surface area contributed by atoms with Gasteiger partial charge in [0.05, 0.1) is 10.6 Å². The lowest BCUT2D eigenvalue weighted by Gasteiger charge is -2.16. The summed E-state index contributed by atoms with van der Waals surface area (Å²) in [5, 5.41) is 6.55. The summed E-state index contributed by atoms with van der Waals surface area (Å²) in [6.07, 6.45) is 0. The summed E-state index contributed by atoms with van der Waals surface area (Å²) in [4.78, 5) is 15.4. The molecule has 154 valence electrons. The van der Waals surface area contributed by atoms with Gasteiger partial charge in [-0.05, 0) is 63.3 Å². The van der Waals surface area contributed by atoms with E-state index in [2.05, 4.69) is 38.0 Å². The Morgan fingerprint density at radius 3 is 2.66 bits per heavy atom. The van der Waals surface area contributed by atoms with Gasteiger partial charge in [-0.3, -0.25) is 9.48 Å². The Hall–Kier alpha value is -2.60.